The number of nitrogens with one attached hydrogen (secondary N) is 1. The molecule has 2 aliphatic heterocycles. The van der Waals surface area contributed by atoms with Crippen LogP contribution in [0.3, 0.4) is 0 Å². The highest BCUT2D eigenvalue weighted by Gasteiger charge is 2.31. The van der Waals surface area contributed by atoms with Crippen molar-refractivity contribution in [3.8, 4) is 5.75 Å². The monoisotopic (exact) mass is 362 g/mol. The molecule has 2 aliphatic rings. The highest BCUT2D eigenvalue weighted by Crippen LogP contribution is 2.41. The van der Waals surface area contributed by atoms with Gasteiger partial charge >= 0.3 is 5.97 Å². The Hall–Kier alpha value is -2.61. The molecule has 2 N–H and O–H groups in total. The number of hydrogen-bond acceptors (Lipinski definition) is 4. The Morgan fingerprint density at radius 3 is 2.73 bits per heavy atom. The smallest absolute Gasteiger partial charge is 0.341 e. The zero-order valence-corrected chi connectivity index (χ0v) is 14.7. The van der Waals surface area contributed by atoms with Crippen molar-refractivity contribution in [3.05, 3.63) is 33.9 Å². The van der Waals surface area contributed by atoms with Crippen molar-refractivity contribution < 1.29 is 23.9 Å². The van der Waals surface area contributed by atoms with E-state index in [9.17, 15) is 19.1 Å². The first kappa shape index (κ1) is 16.8. The maximum Gasteiger partial charge on any atom is 0.341 e. The van der Waals surface area contributed by atoms with Crippen molar-refractivity contribution in [3.63, 3.8) is 0 Å². The molecule has 1 fully saturated rings. The first-order valence-corrected chi connectivity index (χ1v) is 8.72. The average molecular weight is 362 g/mol. The fourth-order valence-corrected chi connectivity index (χ4v) is 3.77. The molecular formula is C18H21FN3O4+. The van der Waals surface area contributed by atoms with Crippen molar-refractivity contribution in [2.75, 3.05) is 44.7 Å². The Morgan fingerprint density at radius 1 is 1.38 bits per heavy atom. The number of pyridine rings is 1. The lowest BCUT2D eigenvalue weighted by molar-refractivity contribution is -0.880. The van der Waals surface area contributed by atoms with E-state index in [-0.39, 0.29) is 17.0 Å². The molecular weight excluding hydrogens is 341 g/mol. The largest absolute Gasteiger partial charge is 0.487 e. The molecule has 7 nitrogen and oxygen atoms in total. The molecule has 1 atom stereocenters. The van der Waals surface area contributed by atoms with Gasteiger partial charge in [0.2, 0.25) is 5.43 Å². The molecule has 2 aromatic rings. The van der Waals surface area contributed by atoms with Crippen LogP contribution in [0.25, 0.3) is 10.9 Å². The number of aromatic carboxylic acids is 1. The van der Waals surface area contributed by atoms with Crippen molar-refractivity contribution in [2.24, 2.45) is 0 Å². The molecule has 4 rings (SSSR count). The SMILES string of the molecule is CC1COc2c(N3CC[NH+](C)CC3)c(F)cc3c(=O)c(C(=O)O)cn1c23. The summed E-state index contributed by atoms with van der Waals surface area (Å²) >= 11 is 0. The number of anilines is 1. The predicted molar refractivity (Wildman–Crippen MR) is 94.2 cm³/mol. The third-order valence-corrected chi connectivity index (χ3v) is 5.31. The highest BCUT2D eigenvalue weighted by atomic mass is 19.1. The van der Waals surface area contributed by atoms with Gasteiger partial charge in [-0.25, -0.2) is 9.18 Å². The number of halogens is 1. The number of rotatable bonds is 2. The van der Waals surface area contributed by atoms with Crippen LogP contribution in [0.5, 0.6) is 5.75 Å². The Bertz CT molecular complexity index is 963. The topological polar surface area (TPSA) is 76.2 Å². The lowest BCUT2D eigenvalue weighted by atomic mass is 10.1. The van der Waals surface area contributed by atoms with Gasteiger partial charge in [0.15, 0.2) is 11.6 Å². The molecule has 0 radical (unpaired) electrons. The number of piperazine rings is 1. The van der Waals surface area contributed by atoms with Gasteiger partial charge in [-0.05, 0) is 13.0 Å². The van der Waals surface area contributed by atoms with E-state index >= 15 is 0 Å². The van der Waals surface area contributed by atoms with E-state index in [1.165, 1.54) is 11.1 Å². The van der Waals surface area contributed by atoms with Gasteiger partial charge in [0.05, 0.1) is 50.2 Å². The van der Waals surface area contributed by atoms with Gasteiger partial charge in [-0.15, -0.1) is 0 Å². The standard InChI is InChI=1S/C18H20FN3O4/c1-10-9-26-17-14-11(16(23)12(18(24)25)8-22(10)14)7-13(19)15(17)21-5-3-20(2)4-6-21/h7-8,10H,3-6,9H2,1-2H3,(H,24,25)/p+1. The number of carboxylic acid groups (broad SMARTS) is 1. The van der Waals surface area contributed by atoms with Crippen LogP contribution in [0.4, 0.5) is 10.1 Å². The normalized spacial score (nSPS) is 20.3. The van der Waals surface area contributed by atoms with Crippen LogP contribution in [-0.4, -0.2) is 55.5 Å². The minimum atomic E-state index is -1.31. The summed E-state index contributed by atoms with van der Waals surface area (Å²) in [6.45, 7) is 5.32. The van der Waals surface area contributed by atoms with Gasteiger partial charge < -0.3 is 24.2 Å². The van der Waals surface area contributed by atoms with Gasteiger partial charge in [0.25, 0.3) is 0 Å². The lowest BCUT2D eigenvalue weighted by Gasteiger charge is -2.35. The number of carbonyl (C=O) groups is 1. The van der Waals surface area contributed by atoms with E-state index in [0.29, 0.717) is 36.6 Å². The Labute approximate surface area is 149 Å². The first-order chi connectivity index (χ1) is 12.4. The van der Waals surface area contributed by atoms with Crippen molar-refractivity contribution >= 4 is 22.6 Å². The predicted octanol–water partition coefficient (Wildman–Crippen LogP) is 0.127. The fraction of sp³-hybridized carbons (Fsp3) is 0.444. The summed E-state index contributed by atoms with van der Waals surface area (Å²) in [6.07, 6.45) is 1.35. The second-order valence-corrected chi connectivity index (χ2v) is 7.12. The third-order valence-electron chi connectivity index (χ3n) is 5.31. The van der Waals surface area contributed by atoms with Crippen LogP contribution < -0.4 is 20.0 Å². The van der Waals surface area contributed by atoms with E-state index in [0.717, 1.165) is 19.2 Å². The minimum Gasteiger partial charge on any atom is -0.487 e. The van der Waals surface area contributed by atoms with Crippen molar-refractivity contribution in [1.82, 2.24) is 4.57 Å². The molecule has 0 spiro atoms. The van der Waals surface area contributed by atoms with Gasteiger partial charge in [-0.3, -0.25) is 4.79 Å². The number of carboxylic acids is 1. The number of likely N-dealkylation sites (N-methyl/N-ethyl adjacent to an activating group) is 1. The first-order valence-electron chi connectivity index (χ1n) is 8.72. The molecule has 3 heterocycles. The van der Waals surface area contributed by atoms with Gasteiger partial charge in [-0.1, -0.05) is 0 Å². The molecule has 26 heavy (non-hydrogen) atoms. The second-order valence-electron chi connectivity index (χ2n) is 7.12. The molecule has 1 aromatic carbocycles. The van der Waals surface area contributed by atoms with Crippen LogP contribution in [0.15, 0.2) is 17.1 Å². The number of nitrogens with zero attached hydrogens (tertiary/aromatic N) is 2. The zero-order valence-electron chi connectivity index (χ0n) is 14.7. The summed E-state index contributed by atoms with van der Waals surface area (Å²) in [5.74, 6) is -1.52. The second kappa shape index (κ2) is 5.98. The molecule has 1 saturated heterocycles. The lowest BCUT2D eigenvalue weighted by Crippen LogP contribution is -3.12. The molecule has 8 heteroatoms. The van der Waals surface area contributed by atoms with Gasteiger partial charge in [0, 0.05) is 6.20 Å². The molecule has 1 unspecified atom stereocenters. The summed E-state index contributed by atoms with van der Waals surface area (Å²) in [5, 5.41) is 9.37. The van der Waals surface area contributed by atoms with E-state index < -0.39 is 17.2 Å². The fourth-order valence-electron chi connectivity index (χ4n) is 3.77. The Balaban J connectivity index is 2.00. The maximum atomic E-state index is 15.0. The van der Waals surface area contributed by atoms with E-state index in [4.69, 9.17) is 4.74 Å². The number of quaternary nitrogens is 1. The minimum absolute atomic E-state index is 0.0486. The Morgan fingerprint density at radius 2 is 2.08 bits per heavy atom. The summed E-state index contributed by atoms with van der Waals surface area (Å²) in [7, 11) is 2.10. The van der Waals surface area contributed by atoms with Gasteiger partial charge in [-0.2, -0.15) is 0 Å². The van der Waals surface area contributed by atoms with Crippen LogP contribution in [0.1, 0.15) is 23.3 Å². The molecule has 0 bridgehead atoms. The van der Waals surface area contributed by atoms with E-state index in [1.54, 1.807) is 4.57 Å². The zero-order chi connectivity index (χ0) is 18.6. The van der Waals surface area contributed by atoms with Crippen LogP contribution in [0.2, 0.25) is 0 Å². The number of ether oxygens (including phenoxy) is 1. The van der Waals surface area contributed by atoms with Gasteiger partial charge in [0.1, 0.15) is 17.9 Å². The summed E-state index contributed by atoms with van der Waals surface area (Å²) in [4.78, 5) is 27.3. The van der Waals surface area contributed by atoms with Crippen molar-refractivity contribution in [1.29, 1.82) is 0 Å². The molecule has 0 saturated carbocycles. The number of benzene rings is 1. The molecule has 0 aliphatic carbocycles. The average Bonchev–Trinajstić information content (AvgIpc) is 2.60. The number of aromatic nitrogens is 1. The highest BCUT2D eigenvalue weighted by molar-refractivity contribution is 5.97. The van der Waals surface area contributed by atoms with E-state index in [2.05, 4.69) is 7.05 Å². The van der Waals surface area contributed by atoms with Crippen LogP contribution >= 0.6 is 0 Å². The summed E-state index contributed by atoms with van der Waals surface area (Å²) in [5.41, 5.74) is -0.196. The van der Waals surface area contributed by atoms with E-state index in [1.807, 2.05) is 11.8 Å². The quantitative estimate of drug-likeness (QED) is 0.794. The molecule has 1 aromatic heterocycles. The number of hydrogen-bond donors (Lipinski definition) is 2. The summed E-state index contributed by atoms with van der Waals surface area (Å²) < 4.78 is 22.6. The van der Waals surface area contributed by atoms with Crippen molar-refractivity contribution in [2.45, 2.75) is 13.0 Å². The van der Waals surface area contributed by atoms with Crippen LogP contribution in [0, 0.1) is 5.82 Å². The Kier molecular flexibility index (Phi) is 3.87. The summed E-state index contributed by atoms with van der Waals surface area (Å²) in [6, 6.07) is 1.00. The molecule has 0 amide bonds. The molecule has 138 valence electrons. The van der Waals surface area contributed by atoms with Crippen LogP contribution in [-0.2, 0) is 0 Å². The third kappa shape index (κ3) is 2.44. The maximum absolute atomic E-state index is 15.0.